The van der Waals surface area contributed by atoms with Crippen LogP contribution in [0.3, 0.4) is 0 Å². The van der Waals surface area contributed by atoms with E-state index < -0.39 is 4.92 Å². The summed E-state index contributed by atoms with van der Waals surface area (Å²) in [4.78, 5) is 27.5. The van der Waals surface area contributed by atoms with Crippen molar-refractivity contribution < 1.29 is 9.66 Å². The molecule has 2 aliphatic rings. The van der Waals surface area contributed by atoms with E-state index in [0.29, 0.717) is 23.7 Å². The van der Waals surface area contributed by atoms with Crippen LogP contribution in [0.2, 0.25) is 5.02 Å². The molecule has 0 amide bonds. The van der Waals surface area contributed by atoms with Gasteiger partial charge in [0.15, 0.2) is 0 Å². The second-order valence-corrected chi connectivity index (χ2v) is 9.77. The Morgan fingerprint density at radius 2 is 2.09 bits per heavy atom. The third-order valence-corrected chi connectivity index (χ3v) is 7.62. The number of aryl methyl sites for hydroxylation is 2. The SMILES string of the molecule is CN(Cc1cc([N+](=O)[O-])ccc1Cl)c1nc(CN2CCOCC2)nc2sc3c(c12)CCC3. The number of halogens is 1. The van der Waals surface area contributed by atoms with Crippen LogP contribution >= 0.6 is 22.9 Å². The summed E-state index contributed by atoms with van der Waals surface area (Å²) in [5.41, 5.74) is 2.10. The number of nitrogens with zero attached hydrogens (tertiary/aromatic N) is 5. The normalized spacial score (nSPS) is 16.4. The zero-order valence-electron chi connectivity index (χ0n) is 17.8. The summed E-state index contributed by atoms with van der Waals surface area (Å²) in [6.45, 7) is 4.31. The lowest BCUT2D eigenvalue weighted by molar-refractivity contribution is -0.384. The number of hydrogen-bond donors (Lipinski definition) is 0. The number of nitro benzene ring substituents is 1. The van der Waals surface area contributed by atoms with Crippen molar-refractivity contribution >= 4 is 44.7 Å². The Balaban J connectivity index is 1.52. The fourth-order valence-corrected chi connectivity index (χ4v) is 5.90. The van der Waals surface area contributed by atoms with E-state index in [9.17, 15) is 10.1 Å². The molecule has 1 aliphatic heterocycles. The molecular formula is C22H24ClN5O3S. The summed E-state index contributed by atoms with van der Waals surface area (Å²) in [6, 6.07) is 4.56. The number of benzene rings is 1. The van der Waals surface area contributed by atoms with Gasteiger partial charge in [-0.05, 0) is 36.5 Å². The molecule has 3 heterocycles. The fourth-order valence-electron chi connectivity index (χ4n) is 4.45. The van der Waals surface area contributed by atoms with Gasteiger partial charge in [0.25, 0.3) is 5.69 Å². The van der Waals surface area contributed by atoms with Gasteiger partial charge in [-0.3, -0.25) is 15.0 Å². The smallest absolute Gasteiger partial charge is 0.269 e. The second-order valence-electron chi connectivity index (χ2n) is 8.28. The maximum Gasteiger partial charge on any atom is 0.269 e. The number of hydrogen-bond acceptors (Lipinski definition) is 8. The van der Waals surface area contributed by atoms with Crippen molar-refractivity contribution in [1.82, 2.24) is 14.9 Å². The minimum atomic E-state index is -0.394. The molecule has 5 rings (SSSR count). The van der Waals surface area contributed by atoms with Crippen molar-refractivity contribution in [2.45, 2.75) is 32.4 Å². The average molecular weight is 474 g/mol. The van der Waals surface area contributed by atoms with Gasteiger partial charge in [0.05, 0.1) is 30.1 Å². The van der Waals surface area contributed by atoms with Gasteiger partial charge in [-0.2, -0.15) is 0 Å². The van der Waals surface area contributed by atoms with Crippen molar-refractivity contribution in [3.05, 3.63) is 55.2 Å². The maximum absolute atomic E-state index is 11.2. The Labute approximate surface area is 194 Å². The number of anilines is 1. The lowest BCUT2D eigenvalue weighted by atomic mass is 10.1. The predicted molar refractivity (Wildman–Crippen MR) is 126 cm³/mol. The summed E-state index contributed by atoms with van der Waals surface area (Å²) in [5, 5.41) is 12.9. The minimum absolute atomic E-state index is 0.0371. The van der Waals surface area contributed by atoms with Crippen molar-refractivity contribution in [3.8, 4) is 0 Å². The molecule has 0 bridgehead atoms. The van der Waals surface area contributed by atoms with Crippen molar-refractivity contribution in [2.75, 3.05) is 38.3 Å². The lowest BCUT2D eigenvalue weighted by Gasteiger charge is -2.26. The van der Waals surface area contributed by atoms with E-state index in [2.05, 4.69) is 4.90 Å². The quantitative estimate of drug-likeness (QED) is 0.391. The molecule has 168 valence electrons. The van der Waals surface area contributed by atoms with Crippen molar-refractivity contribution in [2.24, 2.45) is 0 Å². The zero-order valence-corrected chi connectivity index (χ0v) is 19.4. The van der Waals surface area contributed by atoms with Crippen molar-refractivity contribution in [1.29, 1.82) is 0 Å². The number of non-ortho nitro benzene ring substituents is 1. The Morgan fingerprint density at radius 3 is 2.88 bits per heavy atom. The number of rotatable bonds is 6. The van der Waals surface area contributed by atoms with E-state index >= 15 is 0 Å². The van der Waals surface area contributed by atoms with E-state index in [1.807, 2.05) is 11.9 Å². The standard InChI is InChI=1S/C22H24ClN5O3S/c1-26(12-14-11-15(28(29)30)5-6-17(14)23)21-20-16-3-2-4-18(16)32-22(20)25-19(24-21)13-27-7-9-31-10-8-27/h5-6,11H,2-4,7-10,12-13H2,1H3. The van der Waals surface area contributed by atoms with Crippen LogP contribution in [0.1, 0.15) is 28.2 Å². The first kappa shape index (κ1) is 21.5. The molecule has 1 aliphatic carbocycles. The van der Waals surface area contributed by atoms with E-state index in [0.717, 1.165) is 67.4 Å². The van der Waals surface area contributed by atoms with Crippen LogP contribution in [0, 0.1) is 10.1 Å². The number of nitro groups is 1. The zero-order chi connectivity index (χ0) is 22.2. The van der Waals surface area contributed by atoms with Gasteiger partial charge in [0.2, 0.25) is 0 Å². The first-order valence-electron chi connectivity index (χ1n) is 10.7. The number of morpholine rings is 1. The number of ether oxygens (including phenoxy) is 1. The Bertz CT molecular complexity index is 1180. The molecule has 0 atom stereocenters. The van der Waals surface area contributed by atoms with Crippen LogP contribution in [0.4, 0.5) is 11.5 Å². The summed E-state index contributed by atoms with van der Waals surface area (Å²) < 4.78 is 5.47. The van der Waals surface area contributed by atoms with E-state index in [1.54, 1.807) is 23.5 Å². The van der Waals surface area contributed by atoms with Gasteiger partial charge in [-0.25, -0.2) is 9.97 Å². The van der Waals surface area contributed by atoms with Gasteiger partial charge in [-0.15, -0.1) is 11.3 Å². The molecule has 1 aromatic carbocycles. The maximum atomic E-state index is 11.2. The lowest BCUT2D eigenvalue weighted by Crippen LogP contribution is -2.36. The molecule has 0 unspecified atom stereocenters. The number of fused-ring (bicyclic) bond motifs is 3. The first-order valence-corrected chi connectivity index (χ1v) is 11.9. The van der Waals surface area contributed by atoms with E-state index in [-0.39, 0.29) is 5.69 Å². The summed E-state index contributed by atoms with van der Waals surface area (Å²) in [7, 11) is 1.97. The monoisotopic (exact) mass is 473 g/mol. The summed E-state index contributed by atoms with van der Waals surface area (Å²) >= 11 is 8.16. The first-order chi connectivity index (χ1) is 15.5. The molecule has 1 saturated heterocycles. The van der Waals surface area contributed by atoms with Crippen LogP contribution in [-0.4, -0.2) is 53.1 Å². The second kappa shape index (κ2) is 8.90. The third-order valence-electron chi connectivity index (χ3n) is 6.07. The van der Waals surface area contributed by atoms with Gasteiger partial charge >= 0.3 is 0 Å². The molecule has 8 nitrogen and oxygen atoms in total. The Hall–Kier alpha value is -2.33. The summed E-state index contributed by atoms with van der Waals surface area (Å²) in [6.07, 6.45) is 3.29. The third kappa shape index (κ3) is 4.17. The largest absolute Gasteiger partial charge is 0.379 e. The molecule has 0 saturated carbocycles. The summed E-state index contributed by atoms with van der Waals surface area (Å²) in [5.74, 6) is 1.67. The molecule has 10 heteroatoms. The van der Waals surface area contributed by atoms with Gasteiger partial charge < -0.3 is 9.64 Å². The van der Waals surface area contributed by atoms with Gasteiger partial charge in [0.1, 0.15) is 16.5 Å². The number of thiophene rings is 1. The minimum Gasteiger partial charge on any atom is -0.379 e. The highest BCUT2D eigenvalue weighted by atomic mass is 35.5. The topological polar surface area (TPSA) is 84.6 Å². The molecule has 0 spiro atoms. The van der Waals surface area contributed by atoms with Crippen LogP contribution in [-0.2, 0) is 30.7 Å². The van der Waals surface area contributed by atoms with E-state index in [4.69, 9.17) is 26.3 Å². The molecule has 32 heavy (non-hydrogen) atoms. The highest BCUT2D eigenvalue weighted by Crippen LogP contribution is 2.41. The van der Waals surface area contributed by atoms with Crippen LogP contribution in [0.25, 0.3) is 10.2 Å². The molecular weight excluding hydrogens is 450 g/mol. The van der Waals surface area contributed by atoms with Crippen LogP contribution in [0.5, 0.6) is 0 Å². The molecule has 1 fully saturated rings. The number of aromatic nitrogens is 2. The van der Waals surface area contributed by atoms with Gasteiger partial charge in [-0.1, -0.05) is 11.6 Å². The van der Waals surface area contributed by atoms with Gasteiger partial charge in [0, 0.05) is 48.7 Å². The molecule has 2 aromatic heterocycles. The predicted octanol–water partition coefficient (Wildman–Crippen LogP) is 4.21. The average Bonchev–Trinajstić information content (AvgIpc) is 3.36. The Morgan fingerprint density at radius 1 is 1.28 bits per heavy atom. The highest BCUT2D eigenvalue weighted by Gasteiger charge is 2.25. The van der Waals surface area contributed by atoms with E-state index in [1.165, 1.54) is 16.5 Å². The highest BCUT2D eigenvalue weighted by molar-refractivity contribution is 7.19. The fraction of sp³-hybridized carbons (Fsp3) is 0.455. The van der Waals surface area contributed by atoms with Crippen LogP contribution < -0.4 is 4.90 Å². The van der Waals surface area contributed by atoms with Crippen molar-refractivity contribution in [3.63, 3.8) is 0 Å². The molecule has 3 aromatic rings. The molecule has 0 N–H and O–H groups in total. The molecule has 0 radical (unpaired) electrons. The van der Waals surface area contributed by atoms with Crippen LogP contribution in [0.15, 0.2) is 18.2 Å². The Kier molecular flexibility index (Phi) is 5.98.